The summed E-state index contributed by atoms with van der Waals surface area (Å²) in [6.45, 7) is 1.12. The molecule has 22 heavy (non-hydrogen) atoms. The molecule has 1 aliphatic rings. The first kappa shape index (κ1) is 15.5. The molecule has 0 spiro atoms. The maximum atomic E-state index is 13.1. The zero-order chi connectivity index (χ0) is 15.4. The standard InChI is InChI=1S/C15H19FN4OS/c16-11-4-6-12(7-5-11)20-14(9-17)18-19-15(20)22-10-13-3-1-2-8-21-13/h4-7,13H,1-3,8-10,17H2/t13-/m1/s1. The maximum Gasteiger partial charge on any atom is 0.195 e. The van der Waals surface area contributed by atoms with Crippen molar-refractivity contribution in [3.05, 3.63) is 35.9 Å². The Kier molecular flexibility index (Phi) is 5.07. The summed E-state index contributed by atoms with van der Waals surface area (Å²) in [5, 5.41) is 9.11. The van der Waals surface area contributed by atoms with Gasteiger partial charge in [0.1, 0.15) is 5.82 Å². The van der Waals surface area contributed by atoms with E-state index in [2.05, 4.69) is 10.2 Å². The van der Waals surface area contributed by atoms with Gasteiger partial charge in [-0.15, -0.1) is 10.2 Å². The van der Waals surface area contributed by atoms with E-state index < -0.39 is 0 Å². The number of ether oxygens (including phenoxy) is 1. The number of rotatable bonds is 5. The van der Waals surface area contributed by atoms with Crippen molar-refractivity contribution in [1.29, 1.82) is 0 Å². The van der Waals surface area contributed by atoms with Crippen LogP contribution in [0.15, 0.2) is 29.4 Å². The lowest BCUT2D eigenvalue weighted by molar-refractivity contribution is 0.0315. The highest BCUT2D eigenvalue weighted by molar-refractivity contribution is 7.99. The van der Waals surface area contributed by atoms with Crippen LogP contribution in [0.3, 0.4) is 0 Å². The van der Waals surface area contributed by atoms with Crippen molar-refractivity contribution in [2.75, 3.05) is 12.4 Å². The molecule has 2 aromatic rings. The molecule has 1 aromatic heterocycles. The maximum absolute atomic E-state index is 13.1. The summed E-state index contributed by atoms with van der Waals surface area (Å²) in [6, 6.07) is 6.26. The van der Waals surface area contributed by atoms with Crippen molar-refractivity contribution < 1.29 is 9.13 Å². The van der Waals surface area contributed by atoms with Crippen molar-refractivity contribution >= 4 is 11.8 Å². The van der Waals surface area contributed by atoms with E-state index in [9.17, 15) is 4.39 Å². The minimum atomic E-state index is -0.268. The minimum Gasteiger partial charge on any atom is -0.377 e. The molecule has 5 nitrogen and oxygen atoms in total. The molecular weight excluding hydrogens is 303 g/mol. The molecular formula is C15H19FN4OS. The number of aromatic nitrogens is 3. The predicted octanol–water partition coefficient (Wildman–Crippen LogP) is 2.53. The number of benzene rings is 1. The first-order valence-electron chi connectivity index (χ1n) is 7.42. The summed E-state index contributed by atoms with van der Waals surface area (Å²) in [5.41, 5.74) is 6.56. The van der Waals surface area contributed by atoms with Gasteiger partial charge < -0.3 is 10.5 Å². The van der Waals surface area contributed by atoms with E-state index in [1.165, 1.54) is 18.6 Å². The van der Waals surface area contributed by atoms with Crippen LogP contribution < -0.4 is 5.73 Å². The van der Waals surface area contributed by atoms with Gasteiger partial charge in [0.2, 0.25) is 0 Å². The van der Waals surface area contributed by atoms with Gasteiger partial charge in [-0.25, -0.2) is 4.39 Å². The molecule has 0 amide bonds. The predicted molar refractivity (Wildman–Crippen MR) is 83.5 cm³/mol. The fourth-order valence-electron chi connectivity index (χ4n) is 2.48. The third-order valence-electron chi connectivity index (χ3n) is 3.64. The molecule has 2 heterocycles. The second-order valence-electron chi connectivity index (χ2n) is 5.21. The molecule has 118 valence electrons. The van der Waals surface area contributed by atoms with E-state index in [-0.39, 0.29) is 18.5 Å². The average Bonchev–Trinajstić information content (AvgIpc) is 2.97. The van der Waals surface area contributed by atoms with Gasteiger partial charge in [0, 0.05) is 18.0 Å². The van der Waals surface area contributed by atoms with Crippen LogP contribution in [-0.2, 0) is 11.3 Å². The summed E-state index contributed by atoms with van der Waals surface area (Å²) >= 11 is 1.60. The molecule has 0 radical (unpaired) electrons. The zero-order valence-corrected chi connectivity index (χ0v) is 13.1. The number of hydrogen-bond donors (Lipinski definition) is 1. The lowest BCUT2D eigenvalue weighted by Gasteiger charge is -2.21. The third-order valence-corrected chi connectivity index (χ3v) is 4.70. The molecule has 0 aliphatic carbocycles. The van der Waals surface area contributed by atoms with Gasteiger partial charge in [-0.1, -0.05) is 11.8 Å². The van der Waals surface area contributed by atoms with Crippen molar-refractivity contribution in [2.24, 2.45) is 5.73 Å². The Morgan fingerprint density at radius 1 is 1.27 bits per heavy atom. The molecule has 1 saturated heterocycles. The summed E-state index contributed by atoms with van der Waals surface area (Å²) < 4.78 is 20.7. The molecule has 7 heteroatoms. The van der Waals surface area contributed by atoms with E-state index in [0.29, 0.717) is 5.82 Å². The Balaban J connectivity index is 1.79. The van der Waals surface area contributed by atoms with E-state index in [0.717, 1.165) is 36.0 Å². The molecule has 1 aliphatic heterocycles. The van der Waals surface area contributed by atoms with Crippen LogP contribution in [-0.4, -0.2) is 33.2 Å². The quantitative estimate of drug-likeness (QED) is 0.857. The van der Waals surface area contributed by atoms with Crippen molar-refractivity contribution in [2.45, 2.75) is 37.1 Å². The molecule has 0 saturated carbocycles. The normalized spacial score (nSPS) is 18.5. The Morgan fingerprint density at radius 3 is 2.77 bits per heavy atom. The van der Waals surface area contributed by atoms with E-state index in [4.69, 9.17) is 10.5 Å². The lowest BCUT2D eigenvalue weighted by Crippen LogP contribution is -2.21. The van der Waals surface area contributed by atoms with E-state index in [1.807, 2.05) is 4.57 Å². The topological polar surface area (TPSA) is 66.0 Å². The second kappa shape index (κ2) is 7.21. The largest absolute Gasteiger partial charge is 0.377 e. The Hall–Kier alpha value is -1.44. The summed E-state index contributed by atoms with van der Waals surface area (Å²) in [7, 11) is 0. The van der Waals surface area contributed by atoms with E-state index >= 15 is 0 Å². The lowest BCUT2D eigenvalue weighted by atomic mass is 10.1. The van der Waals surface area contributed by atoms with Gasteiger partial charge in [0.05, 0.1) is 12.6 Å². The molecule has 0 unspecified atom stereocenters. The number of thioether (sulfide) groups is 1. The van der Waals surface area contributed by atoms with Crippen LogP contribution in [0, 0.1) is 5.82 Å². The number of halogens is 1. The monoisotopic (exact) mass is 322 g/mol. The number of nitrogens with zero attached hydrogens (tertiary/aromatic N) is 3. The minimum absolute atomic E-state index is 0.262. The SMILES string of the molecule is NCc1nnc(SC[C@H]2CCCCO2)n1-c1ccc(F)cc1. The van der Waals surface area contributed by atoms with Gasteiger partial charge in [0.15, 0.2) is 11.0 Å². The zero-order valence-electron chi connectivity index (χ0n) is 12.2. The third kappa shape index (κ3) is 3.48. The van der Waals surface area contributed by atoms with Crippen LogP contribution in [0.25, 0.3) is 5.69 Å². The highest BCUT2D eigenvalue weighted by atomic mass is 32.2. The fraction of sp³-hybridized carbons (Fsp3) is 0.467. The first-order valence-corrected chi connectivity index (χ1v) is 8.41. The van der Waals surface area contributed by atoms with Crippen molar-refractivity contribution in [3.63, 3.8) is 0 Å². The molecule has 1 fully saturated rings. The highest BCUT2D eigenvalue weighted by Crippen LogP contribution is 2.25. The first-order chi connectivity index (χ1) is 10.8. The number of hydrogen-bond acceptors (Lipinski definition) is 5. The molecule has 1 atom stereocenters. The Labute approximate surface area is 133 Å². The smallest absolute Gasteiger partial charge is 0.195 e. The molecule has 0 bridgehead atoms. The van der Waals surface area contributed by atoms with Gasteiger partial charge in [-0.3, -0.25) is 4.57 Å². The van der Waals surface area contributed by atoms with Gasteiger partial charge in [-0.2, -0.15) is 0 Å². The summed E-state index contributed by atoms with van der Waals surface area (Å²) in [5.74, 6) is 1.23. The van der Waals surface area contributed by atoms with Crippen LogP contribution in [0.5, 0.6) is 0 Å². The average molecular weight is 322 g/mol. The second-order valence-corrected chi connectivity index (χ2v) is 6.20. The summed E-state index contributed by atoms with van der Waals surface area (Å²) in [4.78, 5) is 0. The Morgan fingerprint density at radius 2 is 2.09 bits per heavy atom. The highest BCUT2D eigenvalue weighted by Gasteiger charge is 2.18. The van der Waals surface area contributed by atoms with Crippen LogP contribution in [0.4, 0.5) is 4.39 Å². The fourth-order valence-corrected chi connectivity index (χ4v) is 3.52. The molecule has 3 rings (SSSR count). The van der Waals surface area contributed by atoms with E-state index in [1.54, 1.807) is 23.9 Å². The van der Waals surface area contributed by atoms with Crippen LogP contribution in [0.1, 0.15) is 25.1 Å². The van der Waals surface area contributed by atoms with Crippen molar-refractivity contribution in [1.82, 2.24) is 14.8 Å². The van der Waals surface area contributed by atoms with Gasteiger partial charge in [-0.05, 0) is 43.5 Å². The number of nitrogens with two attached hydrogens (primary N) is 1. The van der Waals surface area contributed by atoms with Crippen molar-refractivity contribution in [3.8, 4) is 5.69 Å². The Bertz CT molecular complexity index is 611. The molecule has 1 aromatic carbocycles. The van der Waals surface area contributed by atoms with Crippen LogP contribution >= 0.6 is 11.8 Å². The van der Waals surface area contributed by atoms with Gasteiger partial charge in [0.25, 0.3) is 0 Å². The summed E-state index contributed by atoms with van der Waals surface area (Å²) in [6.07, 6.45) is 3.70. The van der Waals surface area contributed by atoms with Gasteiger partial charge >= 0.3 is 0 Å². The van der Waals surface area contributed by atoms with Crippen LogP contribution in [0.2, 0.25) is 0 Å². The molecule has 2 N–H and O–H groups in total.